The van der Waals surface area contributed by atoms with Gasteiger partial charge < -0.3 is 19.5 Å². The van der Waals surface area contributed by atoms with E-state index in [9.17, 15) is 9.59 Å². The fraction of sp³-hybridized carbons (Fsp3) is 0.385. The van der Waals surface area contributed by atoms with Crippen molar-refractivity contribution < 1.29 is 14.3 Å². The van der Waals surface area contributed by atoms with Crippen LogP contribution in [0.2, 0.25) is 0 Å². The van der Waals surface area contributed by atoms with Crippen molar-refractivity contribution in [2.24, 2.45) is 0 Å². The number of nitrogens with zero attached hydrogens (tertiary/aromatic N) is 2. The van der Waals surface area contributed by atoms with E-state index in [1.54, 1.807) is 12.0 Å². The lowest BCUT2D eigenvalue weighted by Gasteiger charge is -2.47. The minimum atomic E-state index is -0.475. The van der Waals surface area contributed by atoms with E-state index < -0.39 is 6.04 Å². The van der Waals surface area contributed by atoms with Crippen molar-refractivity contribution in [3.63, 3.8) is 0 Å². The predicted molar refractivity (Wildman–Crippen MR) is 124 cm³/mol. The first-order chi connectivity index (χ1) is 15.6. The monoisotopic (exact) mass is 431 g/mol. The van der Waals surface area contributed by atoms with E-state index in [0.717, 1.165) is 52.7 Å². The molecule has 6 heteroatoms. The van der Waals surface area contributed by atoms with Crippen LogP contribution in [0.15, 0.2) is 48.5 Å². The van der Waals surface area contributed by atoms with Crippen LogP contribution in [0.3, 0.4) is 0 Å². The molecule has 1 N–H and O–H groups in total. The fourth-order valence-corrected chi connectivity index (χ4v) is 5.20. The maximum atomic E-state index is 13.5. The van der Waals surface area contributed by atoms with E-state index >= 15 is 0 Å². The molecule has 5 rings (SSSR count). The van der Waals surface area contributed by atoms with Gasteiger partial charge in [0.05, 0.1) is 19.7 Å². The van der Waals surface area contributed by atoms with Crippen LogP contribution in [-0.2, 0) is 16.0 Å². The number of carbonyl (C=O) groups is 2. The first kappa shape index (κ1) is 20.6. The Bertz CT molecular complexity index is 1150. The highest BCUT2D eigenvalue weighted by molar-refractivity contribution is 5.97. The summed E-state index contributed by atoms with van der Waals surface area (Å²) in [6.07, 6.45) is 3.63. The second-order valence-electron chi connectivity index (χ2n) is 8.73. The topological polar surface area (TPSA) is 65.6 Å². The Morgan fingerprint density at radius 1 is 1.06 bits per heavy atom. The van der Waals surface area contributed by atoms with Crippen LogP contribution in [0.25, 0.3) is 10.9 Å². The number of aromatic amines is 1. The van der Waals surface area contributed by atoms with Crippen LogP contribution in [0.5, 0.6) is 5.75 Å². The normalized spacial score (nSPS) is 20.4. The minimum absolute atomic E-state index is 0.0104. The fourth-order valence-electron chi connectivity index (χ4n) is 5.20. The van der Waals surface area contributed by atoms with Gasteiger partial charge in [-0.15, -0.1) is 0 Å². The highest BCUT2D eigenvalue weighted by Crippen LogP contribution is 2.42. The molecule has 3 heterocycles. The number of ether oxygens (including phenoxy) is 1. The SMILES string of the molecule is CCCCCN1CC(=O)N2C(c3ccc(OC)cc3)c3[nH]c4ccccc4c3C[C@@H]2C1=O. The lowest BCUT2D eigenvalue weighted by molar-refractivity contribution is -0.158. The van der Waals surface area contributed by atoms with Crippen molar-refractivity contribution in [3.8, 4) is 5.75 Å². The molecule has 0 radical (unpaired) electrons. The molecule has 0 saturated carbocycles. The van der Waals surface area contributed by atoms with Crippen LogP contribution < -0.4 is 4.74 Å². The number of methoxy groups -OCH3 is 1. The predicted octanol–water partition coefficient (Wildman–Crippen LogP) is 4.05. The summed E-state index contributed by atoms with van der Waals surface area (Å²) in [7, 11) is 1.64. The average Bonchev–Trinajstić information content (AvgIpc) is 3.19. The maximum Gasteiger partial charge on any atom is 0.246 e. The van der Waals surface area contributed by atoms with Gasteiger partial charge in [0, 0.05) is 29.6 Å². The summed E-state index contributed by atoms with van der Waals surface area (Å²) in [6.45, 7) is 2.95. The van der Waals surface area contributed by atoms with Crippen molar-refractivity contribution >= 4 is 22.7 Å². The molecule has 0 aliphatic carbocycles. The first-order valence-electron chi connectivity index (χ1n) is 11.5. The Morgan fingerprint density at radius 3 is 2.59 bits per heavy atom. The smallest absolute Gasteiger partial charge is 0.246 e. The quantitative estimate of drug-likeness (QED) is 0.599. The molecule has 6 nitrogen and oxygen atoms in total. The molecule has 2 aliphatic heterocycles. The van der Waals surface area contributed by atoms with Gasteiger partial charge >= 0.3 is 0 Å². The van der Waals surface area contributed by atoms with Gasteiger partial charge in [0.2, 0.25) is 11.8 Å². The van der Waals surface area contributed by atoms with E-state index in [-0.39, 0.29) is 24.4 Å². The molecule has 0 spiro atoms. The van der Waals surface area contributed by atoms with Crippen molar-refractivity contribution in [2.45, 2.75) is 44.7 Å². The molecule has 1 saturated heterocycles. The number of benzene rings is 2. The van der Waals surface area contributed by atoms with Gasteiger partial charge in [-0.25, -0.2) is 0 Å². The molecular weight excluding hydrogens is 402 g/mol. The Hall–Kier alpha value is -3.28. The van der Waals surface area contributed by atoms with Crippen LogP contribution in [0.1, 0.15) is 49.0 Å². The van der Waals surface area contributed by atoms with Gasteiger partial charge in [0.25, 0.3) is 0 Å². The first-order valence-corrected chi connectivity index (χ1v) is 11.5. The zero-order valence-corrected chi connectivity index (χ0v) is 18.6. The van der Waals surface area contributed by atoms with Crippen LogP contribution >= 0.6 is 0 Å². The molecular formula is C26H29N3O3. The molecule has 1 unspecified atom stereocenters. The van der Waals surface area contributed by atoms with E-state index in [4.69, 9.17) is 4.74 Å². The number of piperazine rings is 1. The average molecular weight is 432 g/mol. The summed E-state index contributed by atoms with van der Waals surface area (Å²) in [6, 6.07) is 15.2. The number of rotatable bonds is 6. The molecule has 2 atom stereocenters. The van der Waals surface area contributed by atoms with Crippen molar-refractivity contribution in [1.29, 1.82) is 0 Å². The number of H-pyrrole nitrogens is 1. The van der Waals surface area contributed by atoms with Gasteiger partial charge in [-0.3, -0.25) is 9.59 Å². The molecule has 32 heavy (non-hydrogen) atoms. The molecule has 1 fully saturated rings. The molecule has 2 aromatic carbocycles. The van der Waals surface area contributed by atoms with E-state index in [1.165, 1.54) is 0 Å². The number of carbonyl (C=O) groups excluding carboxylic acids is 2. The number of hydrogen-bond donors (Lipinski definition) is 1. The Balaban J connectivity index is 1.60. The maximum absolute atomic E-state index is 13.5. The highest BCUT2D eigenvalue weighted by atomic mass is 16.5. The van der Waals surface area contributed by atoms with E-state index in [2.05, 4.69) is 24.0 Å². The van der Waals surface area contributed by atoms with Crippen LogP contribution in [-0.4, -0.2) is 52.8 Å². The third-order valence-electron chi connectivity index (χ3n) is 6.81. The molecule has 2 aliphatic rings. The van der Waals surface area contributed by atoms with Gasteiger partial charge in [-0.1, -0.05) is 50.1 Å². The van der Waals surface area contributed by atoms with Gasteiger partial charge in [-0.05, 0) is 35.7 Å². The molecule has 166 valence electrons. The zero-order chi connectivity index (χ0) is 22.2. The number of amides is 2. The van der Waals surface area contributed by atoms with Crippen molar-refractivity contribution in [2.75, 3.05) is 20.2 Å². The summed E-state index contributed by atoms with van der Waals surface area (Å²) in [4.78, 5) is 34.1. The van der Waals surface area contributed by atoms with Gasteiger partial charge in [0.15, 0.2) is 0 Å². The van der Waals surface area contributed by atoms with Gasteiger partial charge in [-0.2, -0.15) is 0 Å². The van der Waals surface area contributed by atoms with Gasteiger partial charge in [0.1, 0.15) is 11.8 Å². The summed E-state index contributed by atoms with van der Waals surface area (Å²) in [5, 5.41) is 1.13. The molecule has 3 aromatic rings. The van der Waals surface area contributed by atoms with Crippen molar-refractivity contribution in [1.82, 2.24) is 14.8 Å². The number of fused-ring (bicyclic) bond motifs is 4. The summed E-state index contributed by atoms with van der Waals surface area (Å²) in [5.74, 6) is 0.840. The highest BCUT2D eigenvalue weighted by Gasteiger charge is 2.48. The van der Waals surface area contributed by atoms with E-state index in [0.29, 0.717) is 13.0 Å². The standard InChI is InChI=1S/C26H29N3O3/c1-3-4-7-14-28-16-23(30)29-22(26(28)31)15-20-19-8-5-6-9-21(19)27-24(20)25(29)17-10-12-18(32-2)13-11-17/h5-6,8-13,22,25,27H,3-4,7,14-16H2,1-2H3/t22-,25?/m1/s1. The zero-order valence-electron chi connectivity index (χ0n) is 18.6. The summed E-state index contributed by atoms with van der Waals surface area (Å²) in [5.41, 5.74) is 4.16. The van der Waals surface area contributed by atoms with Crippen LogP contribution in [0, 0.1) is 0 Å². The number of para-hydroxylation sites is 1. The van der Waals surface area contributed by atoms with E-state index in [1.807, 2.05) is 41.3 Å². The lowest BCUT2D eigenvalue weighted by Crippen LogP contribution is -2.63. The van der Waals surface area contributed by atoms with Crippen molar-refractivity contribution in [3.05, 3.63) is 65.4 Å². The Kier molecular flexibility index (Phi) is 5.37. The number of unbranched alkanes of at least 4 members (excludes halogenated alkanes) is 2. The molecule has 1 aromatic heterocycles. The summed E-state index contributed by atoms with van der Waals surface area (Å²) < 4.78 is 5.33. The third-order valence-corrected chi connectivity index (χ3v) is 6.81. The Morgan fingerprint density at radius 2 is 1.84 bits per heavy atom. The largest absolute Gasteiger partial charge is 0.497 e. The number of aromatic nitrogens is 1. The second-order valence-corrected chi connectivity index (χ2v) is 8.73. The molecule has 0 bridgehead atoms. The molecule has 2 amide bonds. The van der Waals surface area contributed by atoms with Crippen LogP contribution in [0.4, 0.5) is 0 Å². The third kappa shape index (κ3) is 3.34. The second kappa shape index (κ2) is 8.34. The number of hydrogen-bond acceptors (Lipinski definition) is 3. The minimum Gasteiger partial charge on any atom is -0.497 e. The Labute approximate surface area is 188 Å². The number of nitrogens with one attached hydrogen (secondary N) is 1. The summed E-state index contributed by atoms with van der Waals surface area (Å²) >= 11 is 0. The lowest BCUT2D eigenvalue weighted by atomic mass is 9.86.